The van der Waals surface area contributed by atoms with Crippen molar-refractivity contribution in [3.63, 3.8) is 0 Å². The number of hydrogen-bond donors (Lipinski definition) is 0. The van der Waals surface area contributed by atoms with E-state index < -0.39 is 17.7 Å². The molecule has 0 N–H and O–H groups in total. The molecule has 0 bridgehead atoms. The van der Waals surface area contributed by atoms with Crippen molar-refractivity contribution in [3.8, 4) is 0 Å². The van der Waals surface area contributed by atoms with Gasteiger partial charge in [-0.05, 0) is 48.2 Å². The van der Waals surface area contributed by atoms with Crippen molar-refractivity contribution < 1.29 is 9.53 Å². The van der Waals surface area contributed by atoms with Gasteiger partial charge in [-0.25, -0.2) is 4.79 Å². The zero-order chi connectivity index (χ0) is 22.4. The second-order valence-electron chi connectivity index (χ2n) is 8.63. The summed E-state index contributed by atoms with van der Waals surface area (Å²) in [5.41, 5.74) is 10.6. The molecule has 0 saturated heterocycles. The minimum Gasteiger partial charge on any atom is -0.444 e. The topological polar surface area (TPSA) is 78.3 Å². The van der Waals surface area contributed by atoms with Gasteiger partial charge in [0.25, 0.3) is 0 Å². The van der Waals surface area contributed by atoms with Gasteiger partial charge in [-0.15, -0.1) is 0 Å². The molecular formula is C25H28N4O2. The Labute approximate surface area is 183 Å². The number of carbonyl (C=O) groups is 1. The molecule has 0 heterocycles. The fourth-order valence-electron chi connectivity index (χ4n) is 3.62. The highest BCUT2D eigenvalue weighted by Crippen LogP contribution is 2.36. The molecular weight excluding hydrogens is 388 g/mol. The van der Waals surface area contributed by atoms with Crippen LogP contribution in [0, 0.1) is 0 Å². The van der Waals surface area contributed by atoms with Crippen LogP contribution in [0.4, 0.5) is 4.79 Å². The highest BCUT2D eigenvalue weighted by Gasteiger charge is 2.29. The van der Waals surface area contributed by atoms with Gasteiger partial charge >= 0.3 is 6.09 Å². The molecule has 6 nitrogen and oxygen atoms in total. The third-order valence-corrected chi connectivity index (χ3v) is 5.08. The van der Waals surface area contributed by atoms with Crippen molar-refractivity contribution in [1.29, 1.82) is 0 Å². The molecule has 3 aromatic rings. The van der Waals surface area contributed by atoms with E-state index in [1.54, 1.807) is 11.9 Å². The summed E-state index contributed by atoms with van der Waals surface area (Å²) < 4.78 is 5.54. The number of hydrogen-bond acceptors (Lipinski definition) is 3. The van der Waals surface area contributed by atoms with E-state index in [2.05, 4.69) is 34.3 Å². The molecule has 0 aliphatic carbocycles. The number of azide groups is 1. The molecule has 0 spiro atoms. The number of fused-ring (bicyclic) bond motifs is 1. The SMILES string of the molecule is CN(C[C@H](c1ccc2ccccc2c1)[C@H](N=[N+]=[N-])c1ccccc1)C(=O)OC(C)(C)C. The van der Waals surface area contributed by atoms with Gasteiger partial charge < -0.3 is 9.64 Å². The van der Waals surface area contributed by atoms with Crippen LogP contribution >= 0.6 is 0 Å². The lowest BCUT2D eigenvalue weighted by Gasteiger charge is -2.31. The van der Waals surface area contributed by atoms with Crippen LogP contribution in [-0.4, -0.2) is 30.2 Å². The normalized spacial score (nSPS) is 13.2. The number of amides is 1. The summed E-state index contributed by atoms with van der Waals surface area (Å²) in [4.78, 5) is 17.3. The number of benzene rings is 3. The van der Waals surface area contributed by atoms with Crippen molar-refractivity contribution in [1.82, 2.24) is 4.90 Å². The van der Waals surface area contributed by atoms with Gasteiger partial charge in [-0.1, -0.05) is 77.9 Å². The molecule has 160 valence electrons. The van der Waals surface area contributed by atoms with Gasteiger partial charge in [0.15, 0.2) is 0 Å². The van der Waals surface area contributed by atoms with Crippen molar-refractivity contribution in [2.45, 2.75) is 38.3 Å². The predicted molar refractivity (Wildman–Crippen MR) is 124 cm³/mol. The summed E-state index contributed by atoms with van der Waals surface area (Å²) in [7, 11) is 1.71. The predicted octanol–water partition coefficient (Wildman–Crippen LogP) is 6.84. The number of nitrogens with zero attached hydrogens (tertiary/aromatic N) is 4. The van der Waals surface area contributed by atoms with E-state index in [0.717, 1.165) is 21.9 Å². The van der Waals surface area contributed by atoms with E-state index in [4.69, 9.17) is 4.74 Å². The third-order valence-electron chi connectivity index (χ3n) is 5.08. The maximum Gasteiger partial charge on any atom is 0.410 e. The summed E-state index contributed by atoms with van der Waals surface area (Å²) in [5, 5.41) is 6.37. The monoisotopic (exact) mass is 416 g/mol. The van der Waals surface area contributed by atoms with Crippen LogP contribution < -0.4 is 0 Å². The molecule has 0 fully saturated rings. The second kappa shape index (κ2) is 9.54. The molecule has 0 radical (unpaired) electrons. The van der Waals surface area contributed by atoms with E-state index in [-0.39, 0.29) is 5.92 Å². The van der Waals surface area contributed by atoms with Gasteiger partial charge in [-0.3, -0.25) is 0 Å². The Hall–Kier alpha value is -3.50. The lowest BCUT2D eigenvalue weighted by atomic mass is 9.86. The van der Waals surface area contributed by atoms with E-state index >= 15 is 0 Å². The Morgan fingerprint density at radius 1 is 1.00 bits per heavy atom. The highest BCUT2D eigenvalue weighted by atomic mass is 16.6. The molecule has 2 atom stereocenters. The molecule has 0 aromatic heterocycles. The van der Waals surface area contributed by atoms with E-state index in [0.29, 0.717) is 6.54 Å². The summed E-state index contributed by atoms with van der Waals surface area (Å²) >= 11 is 0. The first kappa shape index (κ1) is 22.2. The fourth-order valence-corrected chi connectivity index (χ4v) is 3.62. The molecule has 6 heteroatoms. The zero-order valence-corrected chi connectivity index (χ0v) is 18.4. The molecule has 1 amide bonds. The summed E-state index contributed by atoms with van der Waals surface area (Å²) in [6.45, 7) is 5.86. The van der Waals surface area contributed by atoms with Gasteiger partial charge in [-0.2, -0.15) is 0 Å². The molecule has 3 aromatic carbocycles. The fraction of sp³-hybridized carbons (Fsp3) is 0.320. The Morgan fingerprint density at radius 2 is 1.65 bits per heavy atom. The van der Waals surface area contributed by atoms with Crippen molar-refractivity contribution in [3.05, 3.63) is 94.4 Å². The summed E-state index contributed by atoms with van der Waals surface area (Å²) in [6, 6.07) is 23.5. The highest BCUT2D eigenvalue weighted by molar-refractivity contribution is 5.83. The second-order valence-corrected chi connectivity index (χ2v) is 8.63. The molecule has 31 heavy (non-hydrogen) atoms. The zero-order valence-electron chi connectivity index (χ0n) is 18.4. The smallest absolute Gasteiger partial charge is 0.410 e. The van der Waals surface area contributed by atoms with Crippen molar-refractivity contribution >= 4 is 16.9 Å². The Kier molecular flexibility index (Phi) is 6.83. The largest absolute Gasteiger partial charge is 0.444 e. The average Bonchev–Trinajstić information content (AvgIpc) is 2.75. The van der Waals surface area contributed by atoms with Crippen LogP contribution in [0.25, 0.3) is 21.2 Å². The molecule has 0 unspecified atom stereocenters. The summed E-state index contributed by atoms with van der Waals surface area (Å²) in [5.74, 6) is -0.250. The minimum atomic E-state index is -0.590. The number of ether oxygens (including phenoxy) is 1. The molecule has 0 saturated carbocycles. The first-order chi connectivity index (χ1) is 14.8. The Balaban J connectivity index is 2.03. The lowest BCUT2D eigenvalue weighted by molar-refractivity contribution is 0.0284. The first-order valence-electron chi connectivity index (χ1n) is 10.3. The quantitative estimate of drug-likeness (QED) is 0.250. The Morgan fingerprint density at radius 3 is 2.29 bits per heavy atom. The minimum absolute atomic E-state index is 0.250. The van der Waals surface area contributed by atoms with E-state index in [9.17, 15) is 10.3 Å². The van der Waals surface area contributed by atoms with Gasteiger partial charge in [0.1, 0.15) is 5.60 Å². The van der Waals surface area contributed by atoms with Crippen molar-refractivity contribution in [2.75, 3.05) is 13.6 Å². The van der Waals surface area contributed by atoms with Gasteiger partial charge in [0.2, 0.25) is 0 Å². The van der Waals surface area contributed by atoms with E-state index in [1.165, 1.54) is 0 Å². The van der Waals surface area contributed by atoms with Crippen LogP contribution in [0.15, 0.2) is 77.9 Å². The Bertz CT molecular complexity index is 1090. The molecule has 0 aliphatic rings. The molecule has 0 aliphatic heterocycles. The van der Waals surface area contributed by atoms with Crippen molar-refractivity contribution in [2.24, 2.45) is 5.11 Å². The lowest BCUT2D eigenvalue weighted by Crippen LogP contribution is -2.37. The first-order valence-corrected chi connectivity index (χ1v) is 10.3. The van der Waals surface area contributed by atoms with Crippen LogP contribution in [0.2, 0.25) is 0 Å². The van der Waals surface area contributed by atoms with Crippen LogP contribution in [0.5, 0.6) is 0 Å². The average molecular weight is 417 g/mol. The third kappa shape index (κ3) is 5.77. The maximum atomic E-state index is 12.7. The van der Waals surface area contributed by atoms with Gasteiger partial charge in [0, 0.05) is 24.4 Å². The van der Waals surface area contributed by atoms with Gasteiger partial charge in [0.05, 0.1) is 6.04 Å². The maximum absolute atomic E-state index is 12.7. The standard InChI is InChI=1S/C25H28N4O2/c1-25(2,3)31-24(30)29(4)17-22(23(27-28-26)19-11-6-5-7-12-19)21-15-14-18-10-8-9-13-20(18)16-21/h5-16,22-23H,17H2,1-4H3/t22-,23-/m1/s1. The summed E-state index contributed by atoms with van der Waals surface area (Å²) in [6.07, 6.45) is -0.411. The molecule has 3 rings (SSSR count). The number of carbonyl (C=O) groups excluding carboxylic acids is 1. The van der Waals surface area contributed by atoms with E-state index in [1.807, 2.05) is 69.3 Å². The van der Waals surface area contributed by atoms with Crippen LogP contribution in [0.1, 0.15) is 43.9 Å². The van der Waals surface area contributed by atoms with Crippen LogP contribution in [-0.2, 0) is 4.74 Å². The van der Waals surface area contributed by atoms with Crippen LogP contribution in [0.3, 0.4) is 0 Å². The number of rotatable bonds is 6. The number of likely N-dealkylation sites (N-methyl/N-ethyl adjacent to an activating group) is 1.